The van der Waals surface area contributed by atoms with Gasteiger partial charge in [0.1, 0.15) is 34.8 Å². The van der Waals surface area contributed by atoms with E-state index in [4.69, 9.17) is 9.47 Å². The van der Waals surface area contributed by atoms with E-state index in [0.29, 0.717) is 33.0 Å². The van der Waals surface area contributed by atoms with Crippen LogP contribution in [0.5, 0.6) is 11.5 Å². The van der Waals surface area contributed by atoms with Gasteiger partial charge in [-0.3, -0.25) is 29.3 Å². The van der Waals surface area contributed by atoms with Gasteiger partial charge < -0.3 is 30.7 Å². The highest BCUT2D eigenvalue weighted by Gasteiger charge is 2.27. The number of anilines is 4. The molecule has 81 heavy (non-hydrogen) atoms. The molecule has 9 aromatic rings. The number of hydrogen-bond donors (Lipinski definition) is 4. The number of nitrogens with one attached hydrogen (secondary N) is 4. The predicted molar refractivity (Wildman–Crippen MR) is 315 cm³/mol. The lowest BCUT2D eigenvalue weighted by Crippen LogP contribution is -2.22. The van der Waals surface area contributed by atoms with Crippen LogP contribution in [0, 0.1) is 33.8 Å². The van der Waals surface area contributed by atoms with E-state index in [0.717, 1.165) is 45.2 Å². The maximum absolute atomic E-state index is 14.2. The minimum atomic E-state index is -0.832. The van der Waals surface area contributed by atoms with Gasteiger partial charge in [0.15, 0.2) is 13.2 Å². The molecule has 3 heterocycles. The highest BCUT2D eigenvalue weighted by molar-refractivity contribution is 6.12. The standard InChI is InChI=1S/C66H53N7O8/c1-65(2,3)48-29-23-40(24-30-48)21-27-44-33-42-13-7-9-15-51(42)59-60-52-16-10-8-14-43(52)34-45(28-22-41-25-31-49(32-26-41)66(4,5)6)62(60)81-39-58(75)70-54-18-12-20-56(68-54)72-64(77)47-35-46(36-50(37-47)73(78)79)63(76)71-55-19-11-17-53(67-55)69-57(74)38-80-61(44)59/h7-20,23-26,29-37H,38-39H2,1-6H3,(H2,67,69,71,74,76)(H2,68,70,72,75,77). The Balaban J connectivity index is 1.18. The summed E-state index contributed by atoms with van der Waals surface area (Å²) >= 11 is 0. The zero-order valence-corrected chi connectivity index (χ0v) is 45.1. The third-order valence-corrected chi connectivity index (χ3v) is 13.3. The molecule has 0 fully saturated rings. The van der Waals surface area contributed by atoms with Crippen molar-refractivity contribution in [2.75, 3.05) is 34.5 Å². The zero-order valence-electron chi connectivity index (χ0n) is 45.1. The number of benzene rings is 7. The Kier molecular flexibility index (Phi) is 14.8. The van der Waals surface area contributed by atoms with Gasteiger partial charge in [-0.15, -0.1) is 0 Å². The largest absolute Gasteiger partial charge is 0.482 e. The number of carbonyl (C=O) groups is 4. The zero-order chi connectivity index (χ0) is 57.0. The summed E-state index contributed by atoms with van der Waals surface area (Å²) in [4.78, 5) is 76.1. The summed E-state index contributed by atoms with van der Waals surface area (Å²) in [7, 11) is 0. The lowest BCUT2D eigenvalue weighted by atomic mass is 9.86. The van der Waals surface area contributed by atoms with Crippen LogP contribution in [0.3, 0.4) is 0 Å². The van der Waals surface area contributed by atoms with Crippen LogP contribution in [0.15, 0.2) is 164 Å². The van der Waals surface area contributed by atoms with Crippen LogP contribution in [0.1, 0.15) is 95.6 Å². The number of fused-ring (bicyclic) bond motifs is 13. The van der Waals surface area contributed by atoms with Crippen molar-refractivity contribution in [3.05, 3.63) is 218 Å². The third-order valence-electron chi connectivity index (χ3n) is 13.3. The Morgan fingerprint density at radius 2 is 0.852 bits per heavy atom. The molecule has 10 rings (SSSR count). The van der Waals surface area contributed by atoms with Gasteiger partial charge in [-0.25, -0.2) is 9.97 Å². The summed E-state index contributed by atoms with van der Waals surface area (Å²) in [6.07, 6.45) is 0. The highest BCUT2D eigenvalue weighted by Crippen LogP contribution is 2.48. The van der Waals surface area contributed by atoms with Crippen molar-refractivity contribution in [2.24, 2.45) is 0 Å². The molecular formula is C66H53N7O8. The number of aromatic nitrogens is 2. The maximum atomic E-state index is 14.2. The lowest BCUT2D eigenvalue weighted by molar-refractivity contribution is -0.384. The number of nitro benzene ring substituents is 1. The second-order valence-electron chi connectivity index (χ2n) is 21.3. The molecule has 0 atom stereocenters. The van der Waals surface area contributed by atoms with Gasteiger partial charge in [-0.1, -0.05) is 150 Å². The first-order valence-electron chi connectivity index (χ1n) is 25.9. The summed E-state index contributed by atoms with van der Waals surface area (Å²) in [6, 6.07) is 47.5. The molecule has 2 aromatic heterocycles. The summed E-state index contributed by atoms with van der Waals surface area (Å²) < 4.78 is 13.5. The first-order valence-corrected chi connectivity index (χ1v) is 25.9. The molecule has 400 valence electrons. The van der Waals surface area contributed by atoms with Crippen LogP contribution < -0.4 is 30.7 Å². The molecule has 0 unspecified atom stereocenters. The minimum Gasteiger partial charge on any atom is -0.482 e. The van der Waals surface area contributed by atoms with Gasteiger partial charge in [-0.05, 0) is 110 Å². The molecule has 0 spiro atoms. The normalized spacial score (nSPS) is 13.1. The average molecular weight is 1070 g/mol. The topological polar surface area (TPSA) is 204 Å². The number of rotatable bonds is 1. The SMILES string of the molecule is CC(C)(C)c1ccc(C#Cc2cc3ccccc3c3c2OCC(=O)Nc2cccc(n2)NC(=O)c2cc(cc([N+](=O)[O-])c2)C(=O)Nc2cccc(n2)NC(=O)COc2c(C#Cc4ccc(C(C)(C)C)cc4)cc4ccccc4c2-3)cc1. The fraction of sp³-hybridized carbons (Fsp3) is 0.152. The Bertz CT molecular complexity index is 3900. The molecule has 7 aromatic carbocycles. The number of hydrogen-bond acceptors (Lipinski definition) is 10. The van der Waals surface area contributed by atoms with Crippen molar-refractivity contribution in [3.63, 3.8) is 0 Å². The van der Waals surface area contributed by atoms with E-state index < -0.39 is 47.5 Å². The number of nitrogens with zero attached hydrogens (tertiary/aromatic N) is 3. The predicted octanol–water partition coefficient (Wildman–Crippen LogP) is 12.6. The van der Waals surface area contributed by atoms with Crippen molar-refractivity contribution in [1.82, 2.24) is 9.97 Å². The number of carbonyl (C=O) groups excluding carboxylic acids is 4. The second-order valence-corrected chi connectivity index (χ2v) is 21.3. The lowest BCUT2D eigenvalue weighted by Gasteiger charge is -2.22. The molecule has 1 aliphatic heterocycles. The van der Waals surface area contributed by atoms with Gasteiger partial charge in [0, 0.05) is 45.5 Å². The fourth-order valence-electron chi connectivity index (χ4n) is 9.16. The van der Waals surface area contributed by atoms with E-state index in [1.165, 1.54) is 30.3 Å². The molecule has 1 aliphatic rings. The molecule has 15 heteroatoms. The smallest absolute Gasteiger partial charge is 0.271 e. The summed E-state index contributed by atoms with van der Waals surface area (Å²) in [5.74, 6) is 11.0. The second kappa shape index (κ2) is 22.4. The number of non-ortho nitro benzene ring substituents is 1. The molecule has 4 amide bonds. The molecule has 6 bridgehead atoms. The van der Waals surface area contributed by atoms with E-state index in [2.05, 4.69) is 96.5 Å². The van der Waals surface area contributed by atoms with E-state index in [1.54, 1.807) is 12.1 Å². The van der Waals surface area contributed by atoms with Crippen LogP contribution in [0.25, 0.3) is 32.7 Å². The molecule has 0 aliphatic carbocycles. The Morgan fingerprint density at radius 1 is 0.469 bits per heavy atom. The minimum absolute atomic E-state index is 0.0148. The van der Waals surface area contributed by atoms with Crippen LogP contribution in [-0.2, 0) is 20.4 Å². The summed E-state index contributed by atoms with van der Waals surface area (Å²) in [5, 5.41) is 25.8. The Morgan fingerprint density at radius 3 is 1.23 bits per heavy atom. The Hall–Kier alpha value is -10.6. The summed E-state index contributed by atoms with van der Waals surface area (Å²) in [6.45, 7) is 11.7. The molecule has 0 saturated heterocycles. The third kappa shape index (κ3) is 12.4. The first-order chi connectivity index (χ1) is 38.8. The quantitative estimate of drug-likeness (QED) is 0.0695. The van der Waals surface area contributed by atoms with Crippen LogP contribution in [0.2, 0.25) is 0 Å². The van der Waals surface area contributed by atoms with Crippen molar-refractivity contribution < 1.29 is 33.6 Å². The highest BCUT2D eigenvalue weighted by atomic mass is 16.6. The molecule has 4 N–H and O–H groups in total. The van der Waals surface area contributed by atoms with Crippen molar-refractivity contribution >= 4 is 74.1 Å². The Labute approximate surface area is 467 Å². The maximum Gasteiger partial charge on any atom is 0.271 e. The van der Waals surface area contributed by atoms with Gasteiger partial charge in [-0.2, -0.15) is 0 Å². The van der Waals surface area contributed by atoms with E-state index in [9.17, 15) is 29.3 Å². The number of ether oxygens (including phenoxy) is 2. The average Bonchev–Trinajstić information content (AvgIpc) is 3.32. The molecule has 0 saturated carbocycles. The van der Waals surface area contributed by atoms with Gasteiger partial charge in [0.25, 0.3) is 29.3 Å². The molecular weight excluding hydrogens is 1020 g/mol. The van der Waals surface area contributed by atoms with Gasteiger partial charge in [0.2, 0.25) is 0 Å². The fourth-order valence-corrected chi connectivity index (χ4v) is 9.16. The van der Waals surface area contributed by atoms with E-state index in [1.807, 2.05) is 109 Å². The van der Waals surface area contributed by atoms with E-state index >= 15 is 0 Å². The number of nitro groups is 1. The first kappa shape index (κ1) is 53.7. The van der Waals surface area contributed by atoms with Crippen molar-refractivity contribution in [1.29, 1.82) is 0 Å². The molecule has 0 radical (unpaired) electrons. The summed E-state index contributed by atoms with van der Waals surface area (Å²) in [5.41, 5.74) is 4.44. The van der Waals surface area contributed by atoms with Crippen molar-refractivity contribution in [2.45, 2.75) is 52.4 Å². The van der Waals surface area contributed by atoms with Crippen LogP contribution in [0.4, 0.5) is 29.0 Å². The van der Waals surface area contributed by atoms with Crippen LogP contribution in [-0.4, -0.2) is 51.7 Å². The number of amides is 4. The van der Waals surface area contributed by atoms with Gasteiger partial charge in [0.05, 0.1) is 16.1 Å². The van der Waals surface area contributed by atoms with E-state index in [-0.39, 0.29) is 56.7 Å². The van der Waals surface area contributed by atoms with Gasteiger partial charge >= 0.3 is 0 Å². The van der Waals surface area contributed by atoms with Crippen molar-refractivity contribution in [3.8, 4) is 46.3 Å². The van der Waals surface area contributed by atoms with Crippen LogP contribution >= 0.6 is 0 Å². The monoisotopic (exact) mass is 1070 g/mol. The molecule has 15 nitrogen and oxygen atoms in total. The number of pyridine rings is 2.